The molecule has 1 fully saturated rings. The van der Waals surface area contributed by atoms with E-state index in [1.807, 2.05) is 6.20 Å². The van der Waals surface area contributed by atoms with Gasteiger partial charge in [-0.3, -0.25) is 4.79 Å². The predicted molar refractivity (Wildman–Crippen MR) is 86.6 cm³/mol. The highest BCUT2D eigenvalue weighted by molar-refractivity contribution is 5.72. The highest BCUT2D eigenvalue weighted by atomic mass is 16.1. The third-order valence-corrected chi connectivity index (χ3v) is 3.92. The van der Waals surface area contributed by atoms with Crippen molar-refractivity contribution in [1.29, 1.82) is 0 Å². The SMILES string of the molecule is CCCNc1cc(N2CCC(CNC(C)=O)CC2)ccn1. The first-order valence-electron chi connectivity index (χ1n) is 7.88. The molecule has 0 spiro atoms. The molecule has 116 valence electrons. The minimum Gasteiger partial charge on any atom is -0.371 e. The number of carbonyl (C=O) groups excluding carboxylic acids is 1. The van der Waals surface area contributed by atoms with Gasteiger partial charge in [0.2, 0.25) is 5.91 Å². The molecule has 1 aliphatic heterocycles. The Morgan fingerprint density at radius 1 is 1.43 bits per heavy atom. The van der Waals surface area contributed by atoms with E-state index in [4.69, 9.17) is 0 Å². The lowest BCUT2D eigenvalue weighted by Crippen LogP contribution is -2.38. The van der Waals surface area contributed by atoms with Crippen molar-refractivity contribution in [3.05, 3.63) is 18.3 Å². The average Bonchev–Trinajstić information content (AvgIpc) is 2.51. The Kier molecular flexibility index (Phi) is 5.84. The van der Waals surface area contributed by atoms with Crippen LogP contribution < -0.4 is 15.5 Å². The summed E-state index contributed by atoms with van der Waals surface area (Å²) in [5, 5.41) is 6.25. The number of nitrogens with zero attached hydrogens (tertiary/aromatic N) is 2. The quantitative estimate of drug-likeness (QED) is 0.844. The van der Waals surface area contributed by atoms with E-state index in [-0.39, 0.29) is 5.91 Å². The Labute approximate surface area is 127 Å². The molecule has 1 saturated heterocycles. The number of pyridine rings is 1. The van der Waals surface area contributed by atoms with Crippen LogP contribution in [0.15, 0.2) is 18.3 Å². The molecule has 2 rings (SSSR count). The van der Waals surface area contributed by atoms with Gasteiger partial charge in [0.15, 0.2) is 0 Å². The molecule has 1 amide bonds. The van der Waals surface area contributed by atoms with Crippen LogP contribution in [-0.4, -0.2) is 37.1 Å². The predicted octanol–water partition coefficient (Wildman–Crippen LogP) is 2.26. The van der Waals surface area contributed by atoms with Crippen molar-refractivity contribution in [2.45, 2.75) is 33.1 Å². The maximum absolute atomic E-state index is 11.0. The molecule has 0 bridgehead atoms. The second-order valence-corrected chi connectivity index (χ2v) is 5.69. The first-order valence-corrected chi connectivity index (χ1v) is 7.88. The second kappa shape index (κ2) is 7.86. The van der Waals surface area contributed by atoms with E-state index < -0.39 is 0 Å². The summed E-state index contributed by atoms with van der Waals surface area (Å²) in [7, 11) is 0. The van der Waals surface area contributed by atoms with Crippen LogP contribution in [0.4, 0.5) is 11.5 Å². The molecule has 1 aliphatic rings. The molecule has 0 aliphatic carbocycles. The van der Waals surface area contributed by atoms with Crippen molar-refractivity contribution < 1.29 is 4.79 Å². The standard InChI is InChI=1S/C16H26N4O/c1-3-7-17-16-11-15(4-8-18-16)20-9-5-14(6-10-20)12-19-13(2)21/h4,8,11,14H,3,5-7,9-10,12H2,1-2H3,(H,17,18)(H,19,21). The first kappa shape index (κ1) is 15.6. The summed E-state index contributed by atoms with van der Waals surface area (Å²) in [4.78, 5) is 17.7. The van der Waals surface area contributed by atoms with Gasteiger partial charge in [-0.1, -0.05) is 6.92 Å². The van der Waals surface area contributed by atoms with E-state index in [0.29, 0.717) is 5.92 Å². The maximum atomic E-state index is 11.0. The van der Waals surface area contributed by atoms with Crippen molar-refractivity contribution in [1.82, 2.24) is 10.3 Å². The average molecular weight is 290 g/mol. The van der Waals surface area contributed by atoms with Crippen molar-refractivity contribution in [3.63, 3.8) is 0 Å². The van der Waals surface area contributed by atoms with E-state index in [0.717, 1.165) is 51.3 Å². The van der Waals surface area contributed by atoms with Crippen LogP contribution in [0.1, 0.15) is 33.1 Å². The van der Waals surface area contributed by atoms with Crippen LogP contribution in [-0.2, 0) is 4.79 Å². The van der Waals surface area contributed by atoms with Gasteiger partial charge in [0.05, 0.1) is 0 Å². The molecule has 5 nitrogen and oxygen atoms in total. The van der Waals surface area contributed by atoms with Crippen LogP contribution in [0.3, 0.4) is 0 Å². The van der Waals surface area contributed by atoms with E-state index >= 15 is 0 Å². The van der Waals surface area contributed by atoms with Gasteiger partial charge < -0.3 is 15.5 Å². The smallest absolute Gasteiger partial charge is 0.216 e. The third kappa shape index (κ3) is 4.92. The molecule has 1 aromatic heterocycles. The number of rotatable bonds is 6. The molecule has 0 unspecified atom stereocenters. The second-order valence-electron chi connectivity index (χ2n) is 5.69. The van der Waals surface area contributed by atoms with E-state index in [1.165, 1.54) is 5.69 Å². The lowest BCUT2D eigenvalue weighted by molar-refractivity contribution is -0.119. The van der Waals surface area contributed by atoms with Crippen LogP contribution in [0.5, 0.6) is 0 Å². The Balaban J connectivity index is 1.85. The Hall–Kier alpha value is -1.78. The van der Waals surface area contributed by atoms with Gasteiger partial charge in [0.25, 0.3) is 0 Å². The molecule has 21 heavy (non-hydrogen) atoms. The zero-order valence-corrected chi connectivity index (χ0v) is 13.1. The number of amides is 1. The van der Waals surface area contributed by atoms with Crippen molar-refractivity contribution >= 4 is 17.4 Å². The van der Waals surface area contributed by atoms with Crippen molar-refractivity contribution in [2.75, 3.05) is 36.4 Å². The van der Waals surface area contributed by atoms with Crippen LogP contribution >= 0.6 is 0 Å². The van der Waals surface area contributed by atoms with Gasteiger partial charge >= 0.3 is 0 Å². The molecule has 0 saturated carbocycles. The summed E-state index contributed by atoms with van der Waals surface area (Å²) in [5.41, 5.74) is 1.24. The summed E-state index contributed by atoms with van der Waals surface area (Å²) in [5.74, 6) is 1.62. The third-order valence-electron chi connectivity index (χ3n) is 3.92. The maximum Gasteiger partial charge on any atom is 0.216 e. The van der Waals surface area contributed by atoms with Crippen LogP contribution in [0.2, 0.25) is 0 Å². The molecular formula is C16H26N4O. The largest absolute Gasteiger partial charge is 0.371 e. The van der Waals surface area contributed by atoms with E-state index in [2.05, 4.69) is 39.6 Å². The normalized spacial score (nSPS) is 15.8. The van der Waals surface area contributed by atoms with Gasteiger partial charge in [-0.15, -0.1) is 0 Å². The monoisotopic (exact) mass is 290 g/mol. The Morgan fingerprint density at radius 3 is 2.86 bits per heavy atom. The number of anilines is 2. The highest BCUT2D eigenvalue weighted by Gasteiger charge is 2.19. The van der Waals surface area contributed by atoms with E-state index in [9.17, 15) is 4.79 Å². The number of carbonyl (C=O) groups is 1. The minimum absolute atomic E-state index is 0.0678. The fourth-order valence-corrected chi connectivity index (χ4v) is 2.65. The summed E-state index contributed by atoms with van der Waals surface area (Å²) in [6, 6.07) is 4.20. The van der Waals surface area contributed by atoms with Gasteiger partial charge in [0, 0.05) is 51.1 Å². The molecule has 0 aromatic carbocycles. The summed E-state index contributed by atoms with van der Waals surface area (Å²) >= 11 is 0. The molecular weight excluding hydrogens is 264 g/mol. The summed E-state index contributed by atoms with van der Waals surface area (Å²) in [6.07, 6.45) is 5.22. The summed E-state index contributed by atoms with van der Waals surface area (Å²) < 4.78 is 0. The molecule has 2 N–H and O–H groups in total. The number of hydrogen-bond donors (Lipinski definition) is 2. The number of piperidine rings is 1. The zero-order chi connectivity index (χ0) is 15.1. The lowest BCUT2D eigenvalue weighted by atomic mass is 9.96. The van der Waals surface area contributed by atoms with Gasteiger partial charge in [-0.2, -0.15) is 0 Å². The molecule has 5 heteroatoms. The van der Waals surface area contributed by atoms with Crippen LogP contribution in [0.25, 0.3) is 0 Å². The number of nitrogens with one attached hydrogen (secondary N) is 2. The topological polar surface area (TPSA) is 57.3 Å². The summed E-state index contributed by atoms with van der Waals surface area (Å²) in [6.45, 7) is 7.58. The van der Waals surface area contributed by atoms with Crippen molar-refractivity contribution in [3.8, 4) is 0 Å². The number of hydrogen-bond acceptors (Lipinski definition) is 4. The molecule has 2 heterocycles. The molecule has 1 aromatic rings. The van der Waals surface area contributed by atoms with Crippen molar-refractivity contribution in [2.24, 2.45) is 5.92 Å². The molecule has 0 atom stereocenters. The lowest BCUT2D eigenvalue weighted by Gasteiger charge is -2.33. The number of aromatic nitrogens is 1. The minimum atomic E-state index is 0.0678. The Morgan fingerprint density at radius 2 is 2.19 bits per heavy atom. The van der Waals surface area contributed by atoms with Gasteiger partial charge in [-0.05, 0) is 31.2 Å². The van der Waals surface area contributed by atoms with Gasteiger partial charge in [0.1, 0.15) is 5.82 Å². The first-order chi connectivity index (χ1) is 10.2. The highest BCUT2D eigenvalue weighted by Crippen LogP contribution is 2.24. The Bertz CT molecular complexity index is 455. The van der Waals surface area contributed by atoms with E-state index in [1.54, 1.807) is 6.92 Å². The van der Waals surface area contributed by atoms with Gasteiger partial charge in [-0.25, -0.2) is 4.98 Å². The zero-order valence-electron chi connectivity index (χ0n) is 13.1. The fraction of sp³-hybridized carbons (Fsp3) is 0.625. The van der Waals surface area contributed by atoms with Crippen LogP contribution in [0, 0.1) is 5.92 Å². The molecule has 0 radical (unpaired) electrons. The fourth-order valence-electron chi connectivity index (χ4n) is 2.65.